The van der Waals surface area contributed by atoms with Crippen molar-refractivity contribution in [2.75, 3.05) is 18.5 Å². The van der Waals surface area contributed by atoms with Crippen LogP contribution in [-0.2, 0) is 6.54 Å². The van der Waals surface area contributed by atoms with E-state index in [1.165, 1.54) is 19.3 Å². The molecule has 1 aromatic heterocycles. The Morgan fingerprint density at radius 1 is 1.25 bits per heavy atom. The lowest BCUT2D eigenvalue weighted by Gasteiger charge is -2.23. The van der Waals surface area contributed by atoms with Crippen molar-refractivity contribution in [3.63, 3.8) is 0 Å². The first-order valence-electron chi connectivity index (χ1n) is 6.16. The zero-order chi connectivity index (χ0) is 15.6. The highest BCUT2D eigenvalue weighted by Gasteiger charge is 2.31. The van der Waals surface area contributed by atoms with E-state index in [1.807, 2.05) is 20.8 Å². The van der Waals surface area contributed by atoms with Crippen molar-refractivity contribution in [2.24, 2.45) is 0 Å². The van der Waals surface area contributed by atoms with Crippen molar-refractivity contribution in [2.45, 2.75) is 39.0 Å². The summed E-state index contributed by atoms with van der Waals surface area (Å²) in [4.78, 5) is 4.45. The molecule has 0 amide bonds. The number of alkyl halides is 3. The van der Waals surface area contributed by atoms with E-state index < -0.39 is 18.5 Å². The topological polar surface area (TPSA) is 28.2 Å². The summed E-state index contributed by atoms with van der Waals surface area (Å²) in [5.74, 6) is -1.02. The number of rotatable bonds is 4. The Balaban J connectivity index is 2.89. The van der Waals surface area contributed by atoms with E-state index in [1.54, 1.807) is 0 Å². The second kappa shape index (κ2) is 5.95. The lowest BCUT2D eigenvalue weighted by Crippen LogP contribution is -2.36. The molecule has 0 fully saturated rings. The maximum atomic E-state index is 14.2. The lowest BCUT2D eigenvalue weighted by atomic mass is 10.1. The molecule has 1 N–H and O–H groups in total. The van der Waals surface area contributed by atoms with Crippen LogP contribution in [-0.4, -0.2) is 30.3 Å². The zero-order valence-corrected chi connectivity index (χ0v) is 12.0. The van der Waals surface area contributed by atoms with Gasteiger partial charge in [-0.2, -0.15) is 13.2 Å². The van der Waals surface area contributed by atoms with Gasteiger partial charge >= 0.3 is 6.18 Å². The molecule has 114 valence electrons. The fourth-order valence-corrected chi connectivity index (χ4v) is 1.58. The first-order valence-corrected chi connectivity index (χ1v) is 6.16. The van der Waals surface area contributed by atoms with E-state index >= 15 is 0 Å². The molecule has 0 saturated heterocycles. The predicted octanol–water partition coefficient (Wildman–Crippen LogP) is 3.11. The molecule has 0 aliphatic heterocycles. The molecule has 1 heterocycles. The van der Waals surface area contributed by atoms with E-state index in [-0.39, 0.29) is 17.9 Å². The monoisotopic (exact) mass is 293 g/mol. The van der Waals surface area contributed by atoms with Crippen LogP contribution in [0.15, 0.2) is 12.3 Å². The molecule has 0 saturated carbocycles. The van der Waals surface area contributed by atoms with Crippen LogP contribution in [0.1, 0.15) is 26.3 Å². The number of hydrogen-bond acceptors (Lipinski definition) is 3. The van der Waals surface area contributed by atoms with E-state index in [9.17, 15) is 17.6 Å². The number of aromatic nitrogens is 1. The highest BCUT2D eigenvalue weighted by molar-refractivity contribution is 5.42. The number of anilines is 1. The Labute approximate surface area is 116 Å². The standard InChI is InChI=1S/C13H19F4N3/c1-12(2,3)19-7-9-5-6-18-11(10(9)14)20(4)8-13(15,16)17/h5-6,19H,7-8H2,1-4H3. The molecule has 7 heteroatoms. The third kappa shape index (κ3) is 5.32. The average Bonchev–Trinajstić information content (AvgIpc) is 2.24. The van der Waals surface area contributed by atoms with Gasteiger partial charge < -0.3 is 10.2 Å². The molecule has 3 nitrogen and oxygen atoms in total. The van der Waals surface area contributed by atoms with Gasteiger partial charge in [-0.1, -0.05) is 0 Å². The van der Waals surface area contributed by atoms with Crippen molar-refractivity contribution in [3.05, 3.63) is 23.6 Å². The largest absolute Gasteiger partial charge is 0.405 e. The summed E-state index contributed by atoms with van der Waals surface area (Å²) in [6.45, 7) is 4.74. The number of hydrogen-bond donors (Lipinski definition) is 1. The Morgan fingerprint density at radius 2 is 1.85 bits per heavy atom. The van der Waals surface area contributed by atoms with Crippen LogP contribution in [0.2, 0.25) is 0 Å². The first-order chi connectivity index (χ1) is 8.99. The van der Waals surface area contributed by atoms with E-state index in [4.69, 9.17) is 0 Å². The van der Waals surface area contributed by atoms with Crippen molar-refractivity contribution < 1.29 is 17.6 Å². The van der Waals surface area contributed by atoms with Gasteiger partial charge in [0, 0.05) is 30.9 Å². The fraction of sp³-hybridized carbons (Fsp3) is 0.615. The zero-order valence-electron chi connectivity index (χ0n) is 12.0. The van der Waals surface area contributed by atoms with Gasteiger partial charge in [-0.15, -0.1) is 0 Å². The quantitative estimate of drug-likeness (QED) is 0.865. The van der Waals surface area contributed by atoms with Crippen molar-refractivity contribution >= 4 is 5.82 Å². The summed E-state index contributed by atoms with van der Waals surface area (Å²) < 4.78 is 51.1. The summed E-state index contributed by atoms with van der Waals surface area (Å²) in [6.07, 6.45) is -3.09. The Bertz CT molecular complexity index is 452. The van der Waals surface area contributed by atoms with Crippen LogP contribution in [0.25, 0.3) is 0 Å². The Morgan fingerprint density at radius 3 is 2.35 bits per heavy atom. The molecular weight excluding hydrogens is 274 g/mol. The van der Waals surface area contributed by atoms with Gasteiger partial charge in [0.25, 0.3) is 0 Å². The molecule has 0 atom stereocenters. The maximum absolute atomic E-state index is 14.2. The maximum Gasteiger partial charge on any atom is 0.405 e. The van der Waals surface area contributed by atoms with Crippen molar-refractivity contribution in [1.29, 1.82) is 0 Å². The van der Waals surface area contributed by atoms with Gasteiger partial charge in [-0.25, -0.2) is 9.37 Å². The second-order valence-electron chi connectivity index (χ2n) is 5.68. The lowest BCUT2D eigenvalue weighted by molar-refractivity contribution is -0.119. The number of nitrogens with zero attached hydrogens (tertiary/aromatic N) is 2. The number of pyridine rings is 1. The summed E-state index contributed by atoms with van der Waals surface area (Å²) >= 11 is 0. The summed E-state index contributed by atoms with van der Waals surface area (Å²) in [5.41, 5.74) is 0.0762. The molecular formula is C13H19F4N3. The smallest absolute Gasteiger partial charge is 0.348 e. The Kier molecular flexibility index (Phi) is 4.96. The fourth-order valence-electron chi connectivity index (χ4n) is 1.58. The number of nitrogens with one attached hydrogen (secondary N) is 1. The average molecular weight is 293 g/mol. The molecule has 0 aliphatic rings. The molecule has 0 unspecified atom stereocenters. The van der Waals surface area contributed by atoms with Crippen LogP contribution in [0, 0.1) is 5.82 Å². The SMILES string of the molecule is CN(CC(F)(F)F)c1nccc(CNC(C)(C)C)c1F. The van der Waals surface area contributed by atoms with Gasteiger partial charge in [0.15, 0.2) is 11.6 Å². The van der Waals surface area contributed by atoms with Crippen LogP contribution in [0.4, 0.5) is 23.4 Å². The third-order valence-electron chi connectivity index (χ3n) is 2.54. The van der Waals surface area contributed by atoms with Crippen LogP contribution in [0.3, 0.4) is 0 Å². The summed E-state index contributed by atoms with van der Waals surface area (Å²) in [6, 6.07) is 1.46. The van der Waals surface area contributed by atoms with Crippen molar-refractivity contribution in [3.8, 4) is 0 Å². The second-order valence-corrected chi connectivity index (χ2v) is 5.68. The molecule has 1 rings (SSSR count). The molecule has 0 radical (unpaired) electrons. The normalized spacial score (nSPS) is 12.6. The molecule has 20 heavy (non-hydrogen) atoms. The summed E-state index contributed by atoms with van der Waals surface area (Å²) in [7, 11) is 1.17. The van der Waals surface area contributed by atoms with Gasteiger partial charge in [-0.3, -0.25) is 0 Å². The number of halogens is 4. The van der Waals surface area contributed by atoms with Crippen LogP contribution < -0.4 is 10.2 Å². The minimum Gasteiger partial charge on any atom is -0.348 e. The first kappa shape index (κ1) is 16.7. The van der Waals surface area contributed by atoms with Crippen LogP contribution in [0.5, 0.6) is 0 Å². The van der Waals surface area contributed by atoms with E-state index in [0.717, 1.165) is 4.90 Å². The minimum absolute atomic E-state index is 0.215. The van der Waals surface area contributed by atoms with Gasteiger partial charge in [-0.05, 0) is 26.8 Å². The van der Waals surface area contributed by atoms with Crippen LogP contribution >= 0.6 is 0 Å². The minimum atomic E-state index is -4.40. The van der Waals surface area contributed by atoms with Gasteiger partial charge in [0.1, 0.15) is 6.54 Å². The molecule has 0 bridgehead atoms. The molecule has 0 aromatic carbocycles. The van der Waals surface area contributed by atoms with Gasteiger partial charge in [0.2, 0.25) is 0 Å². The highest BCUT2D eigenvalue weighted by atomic mass is 19.4. The summed E-state index contributed by atoms with van der Waals surface area (Å²) in [5, 5.41) is 3.08. The molecule has 0 aliphatic carbocycles. The van der Waals surface area contributed by atoms with Crippen molar-refractivity contribution in [1.82, 2.24) is 10.3 Å². The Hall–Kier alpha value is -1.37. The van der Waals surface area contributed by atoms with E-state index in [0.29, 0.717) is 5.56 Å². The molecule has 1 aromatic rings. The molecule has 0 spiro atoms. The third-order valence-corrected chi connectivity index (χ3v) is 2.54. The highest BCUT2D eigenvalue weighted by Crippen LogP contribution is 2.23. The predicted molar refractivity (Wildman–Crippen MR) is 70.1 cm³/mol. The van der Waals surface area contributed by atoms with E-state index in [2.05, 4.69) is 10.3 Å². The van der Waals surface area contributed by atoms with Gasteiger partial charge in [0.05, 0.1) is 0 Å².